The third-order valence-electron chi connectivity index (χ3n) is 1.40. The Morgan fingerprint density at radius 3 is 3.00 bits per heavy atom. The average Bonchev–Trinajstić information content (AvgIpc) is 2.35. The van der Waals surface area contributed by atoms with Gasteiger partial charge in [0.15, 0.2) is 0 Å². The SMILES string of the molecule is CC(CC(=N)N)n1cncn1. The Labute approximate surface area is 64.7 Å². The van der Waals surface area contributed by atoms with Crippen molar-refractivity contribution in [1.29, 1.82) is 5.41 Å². The molecule has 0 spiro atoms. The molecule has 1 aromatic rings. The number of hydrogen-bond donors (Lipinski definition) is 2. The lowest BCUT2D eigenvalue weighted by Crippen LogP contribution is -2.16. The molecule has 0 fully saturated rings. The summed E-state index contributed by atoms with van der Waals surface area (Å²) in [7, 11) is 0. The smallest absolute Gasteiger partial charge is 0.137 e. The Morgan fingerprint density at radius 1 is 1.82 bits per heavy atom. The van der Waals surface area contributed by atoms with Crippen molar-refractivity contribution < 1.29 is 0 Å². The maximum Gasteiger partial charge on any atom is 0.137 e. The Balaban J connectivity index is 2.56. The predicted molar refractivity (Wildman–Crippen MR) is 41.3 cm³/mol. The summed E-state index contributed by atoms with van der Waals surface area (Å²) in [5.41, 5.74) is 5.22. The van der Waals surface area contributed by atoms with Crippen LogP contribution in [0.5, 0.6) is 0 Å². The maximum atomic E-state index is 7.04. The molecule has 0 saturated carbocycles. The standard InChI is InChI=1S/C6H11N5/c1-5(2-6(7)8)11-4-9-3-10-11/h3-5H,2H2,1H3,(H3,7,8). The van der Waals surface area contributed by atoms with Gasteiger partial charge in [-0.05, 0) is 6.92 Å². The van der Waals surface area contributed by atoms with Crippen LogP contribution in [0.3, 0.4) is 0 Å². The summed E-state index contributed by atoms with van der Waals surface area (Å²) in [4.78, 5) is 3.79. The summed E-state index contributed by atoms with van der Waals surface area (Å²) in [6, 6.07) is 0.120. The molecule has 60 valence electrons. The van der Waals surface area contributed by atoms with Crippen LogP contribution >= 0.6 is 0 Å². The molecule has 5 nitrogen and oxygen atoms in total. The Hall–Kier alpha value is -1.39. The monoisotopic (exact) mass is 153 g/mol. The Kier molecular flexibility index (Phi) is 2.20. The molecule has 1 rings (SSSR count). The molecule has 1 unspecified atom stereocenters. The van der Waals surface area contributed by atoms with Gasteiger partial charge >= 0.3 is 0 Å². The topological polar surface area (TPSA) is 80.6 Å². The molecule has 0 saturated heterocycles. The molecule has 5 heteroatoms. The second kappa shape index (κ2) is 3.14. The van der Waals surface area contributed by atoms with Crippen molar-refractivity contribution in [2.75, 3.05) is 0 Å². The molecular formula is C6H11N5. The number of aromatic nitrogens is 3. The van der Waals surface area contributed by atoms with E-state index in [1.54, 1.807) is 11.0 Å². The van der Waals surface area contributed by atoms with E-state index in [0.717, 1.165) is 0 Å². The van der Waals surface area contributed by atoms with Gasteiger partial charge in [-0.15, -0.1) is 0 Å². The third kappa shape index (κ3) is 2.03. The summed E-state index contributed by atoms with van der Waals surface area (Å²) in [6.07, 6.45) is 3.60. The summed E-state index contributed by atoms with van der Waals surface area (Å²) in [6.45, 7) is 1.94. The van der Waals surface area contributed by atoms with Gasteiger partial charge in [-0.3, -0.25) is 5.41 Å². The van der Waals surface area contributed by atoms with E-state index in [2.05, 4.69) is 10.1 Å². The van der Waals surface area contributed by atoms with Crippen molar-refractivity contribution in [1.82, 2.24) is 14.8 Å². The molecule has 0 aliphatic heterocycles. The van der Waals surface area contributed by atoms with Crippen LogP contribution in [0.25, 0.3) is 0 Å². The summed E-state index contributed by atoms with van der Waals surface area (Å²) < 4.78 is 1.68. The van der Waals surface area contributed by atoms with E-state index in [1.807, 2.05) is 6.92 Å². The molecule has 1 atom stereocenters. The number of nitrogens with one attached hydrogen (secondary N) is 1. The quantitative estimate of drug-likeness (QED) is 0.479. The van der Waals surface area contributed by atoms with Crippen LogP contribution in [0, 0.1) is 5.41 Å². The summed E-state index contributed by atoms with van der Waals surface area (Å²) >= 11 is 0. The van der Waals surface area contributed by atoms with Crippen molar-refractivity contribution in [3.05, 3.63) is 12.7 Å². The largest absolute Gasteiger partial charge is 0.388 e. The van der Waals surface area contributed by atoms with E-state index in [4.69, 9.17) is 11.1 Å². The predicted octanol–water partition coefficient (Wildman–Crippen LogP) is 0.165. The highest BCUT2D eigenvalue weighted by atomic mass is 15.3. The number of amidine groups is 1. The highest BCUT2D eigenvalue weighted by molar-refractivity contribution is 5.77. The van der Waals surface area contributed by atoms with E-state index < -0.39 is 0 Å². The van der Waals surface area contributed by atoms with Crippen LogP contribution in [0.1, 0.15) is 19.4 Å². The van der Waals surface area contributed by atoms with Gasteiger partial charge in [0.2, 0.25) is 0 Å². The fraction of sp³-hybridized carbons (Fsp3) is 0.500. The normalized spacial score (nSPS) is 12.8. The molecule has 0 aliphatic rings. The van der Waals surface area contributed by atoms with E-state index in [0.29, 0.717) is 6.42 Å². The lowest BCUT2D eigenvalue weighted by Gasteiger charge is -2.08. The molecule has 0 amide bonds. The molecule has 0 aliphatic carbocycles. The van der Waals surface area contributed by atoms with Crippen molar-refractivity contribution in [2.24, 2.45) is 5.73 Å². The molecule has 1 heterocycles. The van der Waals surface area contributed by atoms with Crippen LogP contribution in [0.15, 0.2) is 12.7 Å². The zero-order valence-electron chi connectivity index (χ0n) is 6.36. The van der Waals surface area contributed by atoms with Gasteiger partial charge in [-0.1, -0.05) is 0 Å². The molecule has 1 aromatic heterocycles. The van der Waals surface area contributed by atoms with Gasteiger partial charge in [0.05, 0.1) is 11.9 Å². The minimum absolute atomic E-state index is 0.120. The molecule has 0 radical (unpaired) electrons. The van der Waals surface area contributed by atoms with Crippen LogP contribution in [-0.4, -0.2) is 20.6 Å². The minimum Gasteiger partial charge on any atom is -0.388 e. The minimum atomic E-state index is 0.120. The zero-order chi connectivity index (χ0) is 8.27. The van der Waals surface area contributed by atoms with Crippen LogP contribution in [0.2, 0.25) is 0 Å². The highest BCUT2D eigenvalue weighted by Crippen LogP contribution is 2.05. The van der Waals surface area contributed by atoms with E-state index in [1.165, 1.54) is 6.33 Å². The average molecular weight is 153 g/mol. The van der Waals surface area contributed by atoms with Crippen molar-refractivity contribution >= 4 is 5.84 Å². The van der Waals surface area contributed by atoms with E-state index in [9.17, 15) is 0 Å². The second-order valence-electron chi connectivity index (χ2n) is 2.45. The first-order valence-corrected chi connectivity index (χ1v) is 3.37. The van der Waals surface area contributed by atoms with Gasteiger partial charge in [0, 0.05) is 6.42 Å². The number of nitrogens with zero attached hydrogens (tertiary/aromatic N) is 3. The van der Waals surface area contributed by atoms with Crippen LogP contribution < -0.4 is 5.73 Å². The third-order valence-corrected chi connectivity index (χ3v) is 1.40. The number of hydrogen-bond acceptors (Lipinski definition) is 3. The van der Waals surface area contributed by atoms with Crippen molar-refractivity contribution in [3.8, 4) is 0 Å². The Bertz CT molecular complexity index is 227. The zero-order valence-corrected chi connectivity index (χ0v) is 6.36. The van der Waals surface area contributed by atoms with Gasteiger partial charge in [-0.2, -0.15) is 5.10 Å². The first-order valence-electron chi connectivity index (χ1n) is 3.37. The second-order valence-corrected chi connectivity index (χ2v) is 2.45. The lowest BCUT2D eigenvalue weighted by atomic mass is 10.2. The van der Waals surface area contributed by atoms with E-state index >= 15 is 0 Å². The molecule has 0 bridgehead atoms. The summed E-state index contributed by atoms with van der Waals surface area (Å²) in [5.74, 6) is 0.174. The Morgan fingerprint density at radius 2 is 2.55 bits per heavy atom. The van der Waals surface area contributed by atoms with Gasteiger partial charge < -0.3 is 5.73 Å². The van der Waals surface area contributed by atoms with Crippen LogP contribution in [-0.2, 0) is 0 Å². The van der Waals surface area contributed by atoms with Crippen LogP contribution in [0.4, 0.5) is 0 Å². The van der Waals surface area contributed by atoms with Gasteiger partial charge in [0.1, 0.15) is 12.7 Å². The number of nitrogens with two attached hydrogens (primary N) is 1. The lowest BCUT2D eigenvalue weighted by molar-refractivity contribution is 0.503. The first-order chi connectivity index (χ1) is 5.20. The van der Waals surface area contributed by atoms with Gasteiger partial charge in [0.25, 0.3) is 0 Å². The van der Waals surface area contributed by atoms with Crippen molar-refractivity contribution in [3.63, 3.8) is 0 Å². The maximum absolute atomic E-state index is 7.04. The molecular weight excluding hydrogens is 142 g/mol. The number of rotatable bonds is 3. The molecule has 0 aromatic carbocycles. The molecule has 3 N–H and O–H groups in total. The van der Waals surface area contributed by atoms with E-state index in [-0.39, 0.29) is 11.9 Å². The fourth-order valence-electron chi connectivity index (χ4n) is 0.857. The van der Waals surface area contributed by atoms with Crippen molar-refractivity contribution in [2.45, 2.75) is 19.4 Å². The fourth-order valence-corrected chi connectivity index (χ4v) is 0.857. The molecule has 11 heavy (non-hydrogen) atoms. The first kappa shape index (κ1) is 7.71. The highest BCUT2D eigenvalue weighted by Gasteiger charge is 2.05. The van der Waals surface area contributed by atoms with Gasteiger partial charge in [-0.25, -0.2) is 9.67 Å². The summed E-state index contributed by atoms with van der Waals surface area (Å²) in [5, 5.41) is 11.0.